The number of carbonyl (C=O) groups is 2. The highest BCUT2D eigenvalue weighted by atomic mass is 16.5. The molecule has 0 aromatic rings. The summed E-state index contributed by atoms with van der Waals surface area (Å²) in [5, 5.41) is 23.3. The molecular formula is C66H129NO5. The number of nitrogens with one attached hydrogen (secondary N) is 1. The largest absolute Gasteiger partial charge is 0.466 e. The molecule has 6 heteroatoms. The minimum Gasteiger partial charge on any atom is -0.466 e. The van der Waals surface area contributed by atoms with Crippen molar-refractivity contribution in [2.45, 2.75) is 386 Å². The minimum absolute atomic E-state index is 0.0120. The Balaban J connectivity index is 3.35. The van der Waals surface area contributed by atoms with Crippen LogP contribution in [0.15, 0.2) is 12.2 Å². The highest BCUT2D eigenvalue weighted by Gasteiger charge is 2.20. The Labute approximate surface area is 450 Å². The lowest BCUT2D eigenvalue weighted by molar-refractivity contribution is -0.143. The van der Waals surface area contributed by atoms with Gasteiger partial charge in [-0.2, -0.15) is 0 Å². The van der Waals surface area contributed by atoms with Crippen molar-refractivity contribution in [3.05, 3.63) is 12.2 Å². The Hall–Kier alpha value is -1.40. The highest BCUT2D eigenvalue weighted by molar-refractivity contribution is 5.76. The van der Waals surface area contributed by atoms with Crippen LogP contribution in [0.25, 0.3) is 0 Å². The average Bonchev–Trinajstić information content (AvgIpc) is 3.38. The van der Waals surface area contributed by atoms with E-state index in [1.165, 1.54) is 295 Å². The van der Waals surface area contributed by atoms with Gasteiger partial charge in [-0.15, -0.1) is 0 Å². The van der Waals surface area contributed by atoms with Crippen molar-refractivity contribution in [3.8, 4) is 0 Å². The molecule has 0 spiro atoms. The van der Waals surface area contributed by atoms with E-state index in [0.717, 1.165) is 44.9 Å². The second-order valence-corrected chi connectivity index (χ2v) is 22.8. The van der Waals surface area contributed by atoms with Crippen molar-refractivity contribution in [3.63, 3.8) is 0 Å². The van der Waals surface area contributed by atoms with Gasteiger partial charge in [0, 0.05) is 12.8 Å². The van der Waals surface area contributed by atoms with Gasteiger partial charge in [-0.05, 0) is 51.4 Å². The molecule has 0 aromatic heterocycles. The first-order chi connectivity index (χ1) is 35.5. The SMILES string of the molecule is CCCCCCCC/C=C\CCCCCCCCCC(=O)OCCCCCCCCCCCCCCCCCCCCCCCCCC(=O)NC(CO)C(O)CCCCCCCCCCCCCCCCC. The van der Waals surface area contributed by atoms with Gasteiger partial charge in [0.05, 0.1) is 25.4 Å². The zero-order valence-corrected chi connectivity index (χ0v) is 48.9. The second-order valence-electron chi connectivity index (χ2n) is 22.8. The smallest absolute Gasteiger partial charge is 0.305 e. The molecule has 0 bridgehead atoms. The Morgan fingerprint density at radius 2 is 0.653 bits per heavy atom. The normalized spacial score (nSPS) is 12.6. The molecule has 0 aromatic carbocycles. The molecule has 1 amide bonds. The van der Waals surface area contributed by atoms with Gasteiger partial charge in [0.2, 0.25) is 5.91 Å². The molecule has 0 rings (SSSR count). The summed E-state index contributed by atoms with van der Waals surface area (Å²) in [5.74, 6) is -0.0196. The molecule has 0 saturated carbocycles. The minimum atomic E-state index is -0.663. The van der Waals surface area contributed by atoms with Gasteiger partial charge in [-0.1, -0.05) is 321 Å². The number of aliphatic hydroxyl groups excluding tert-OH is 2. The van der Waals surface area contributed by atoms with Gasteiger partial charge >= 0.3 is 5.97 Å². The maximum absolute atomic E-state index is 12.5. The molecule has 428 valence electrons. The summed E-state index contributed by atoms with van der Waals surface area (Å²) >= 11 is 0. The topological polar surface area (TPSA) is 95.9 Å². The molecule has 2 atom stereocenters. The lowest BCUT2D eigenvalue weighted by atomic mass is 10.0. The van der Waals surface area contributed by atoms with Crippen LogP contribution in [-0.2, 0) is 14.3 Å². The molecule has 0 heterocycles. The third-order valence-corrected chi connectivity index (χ3v) is 15.6. The number of hydrogen-bond acceptors (Lipinski definition) is 5. The highest BCUT2D eigenvalue weighted by Crippen LogP contribution is 2.19. The van der Waals surface area contributed by atoms with E-state index in [4.69, 9.17) is 4.74 Å². The van der Waals surface area contributed by atoms with Crippen molar-refractivity contribution in [1.82, 2.24) is 5.32 Å². The quantitative estimate of drug-likeness (QED) is 0.0320. The molecule has 3 N–H and O–H groups in total. The van der Waals surface area contributed by atoms with E-state index < -0.39 is 12.1 Å². The third-order valence-electron chi connectivity index (χ3n) is 15.6. The first-order valence-electron chi connectivity index (χ1n) is 32.9. The van der Waals surface area contributed by atoms with E-state index in [0.29, 0.717) is 25.9 Å². The number of carbonyl (C=O) groups excluding carboxylic acids is 2. The number of ether oxygens (including phenoxy) is 1. The van der Waals surface area contributed by atoms with Crippen molar-refractivity contribution < 1.29 is 24.5 Å². The first-order valence-corrected chi connectivity index (χ1v) is 32.9. The number of hydrogen-bond donors (Lipinski definition) is 3. The zero-order chi connectivity index (χ0) is 52.2. The predicted molar refractivity (Wildman–Crippen MR) is 315 cm³/mol. The molecule has 2 unspecified atom stereocenters. The number of esters is 1. The molecule has 72 heavy (non-hydrogen) atoms. The van der Waals surface area contributed by atoms with Crippen LogP contribution in [-0.4, -0.2) is 47.4 Å². The summed E-state index contributed by atoms with van der Waals surface area (Å²) in [4.78, 5) is 24.6. The fraction of sp³-hybridized carbons (Fsp3) is 0.939. The van der Waals surface area contributed by atoms with E-state index in [1.54, 1.807) is 0 Å². The fourth-order valence-electron chi connectivity index (χ4n) is 10.5. The van der Waals surface area contributed by atoms with Gasteiger partial charge in [0.1, 0.15) is 0 Å². The van der Waals surface area contributed by atoms with Crippen LogP contribution in [0.4, 0.5) is 0 Å². The zero-order valence-electron chi connectivity index (χ0n) is 48.9. The summed E-state index contributed by atoms with van der Waals surface area (Å²) in [6.07, 6.45) is 75.2. The second kappa shape index (κ2) is 62.1. The Bertz CT molecular complexity index is 1080. The number of aliphatic hydroxyl groups is 2. The molecule has 0 aliphatic carbocycles. The standard InChI is InChI=1S/C66H129NO5/c1-3-5-7-9-11-13-15-17-19-27-32-36-40-44-48-52-56-60-66(71)72-61-57-53-49-45-41-37-33-29-26-24-22-20-21-23-25-28-31-35-39-43-47-51-55-59-65(70)67-63(62-68)64(69)58-54-50-46-42-38-34-30-18-16-14-12-10-8-6-4-2/h17,19,63-64,68-69H,3-16,18,20-62H2,1-2H3,(H,67,70)/b19-17-. The predicted octanol–water partition coefficient (Wildman–Crippen LogP) is 20.8. The van der Waals surface area contributed by atoms with E-state index in [1.807, 2.05) is 0 Å². The summed E-state index contributed by atoms with van der Waals surface area (Å²) < 4.78 is 5.50. The number of amides is 1. The summed E-state index contributed by atoms with van der Waals surface area (Å²) in [6.45, 7) is 4.98. The maximum atomic E-state index is 12.5. The van der Waals surface area contributed by atoms with Crippen molar-refractivity contribution in [1.29, 1.82) is 0 Å². The summed E-state index contributed by atoms with van der Waals surface area (Å²) in [5.41, 5.74) is 0. The van der Waals surface area contributed by atoms with E-state index in [-0.39, 0.29) is 18.5 Å². The van der Waals surface area contributed by atoms with Crippen LogP contribution in [0.1, 0.15) is 373 Å². The molecular weight excluding hydrogens is 887 g/mol. The lowest BCUT2D eigenvalue weighted by Gasteiger charge is -2.22. The van der Waals surface area contributed by atoms with Crippen molar-refractivity contribution in [2.75, 3.05) is 13.2 Å². The average molecular weight is 1020 g/mol. The summed E-state index contributed by atoms with van der Waals surface area (Å²) in [6, 6.07) is -0.540. The Morgan fingerprint density at radius 3 is 0.986 bits per heavy atom. The van der Waals surface area contributed by atoms with Gasteiger partial charge in [-0.25, -0.2) is 0 Å². The van der Waals surface area contributed by atoms with Crippen molar-refractivity contribution >= 4 is 11.9 Å². The fourth-order valence-corrected chi connectivity index (χ4v) is 10.5. The molecule has 6 nitrogen and oxygen atoms in total. The maximum Gasteiger partial charge on any atom is 0.305 e. The first kappa shape index (κ1) is 70.6. The molecule has 0 radical (unpaired) electrons. The number of allylic oxidation sites excluding steroid dienone is 2. The van der Waals surface area contributed by atoms with Crippen LogP contribution in [0, 0.1) is 0 Å². The van der Waals surface area contributed by atoms with Crippen molar-refractivity contribution in [2.24, 2.45) is 0 Å². The molecule has 0 saturated heterocycles. The lowest BCUT2D eigenvalue weighted by Crippen LogP contribution is -2.45. The van der Waals surface area contributed by atoms with Crippen LogP contribution in [0.3, 0.4) is 0 Å². The molecule has 0 fully saturated rings. The molecule has 0 aliphatic rings. The van der Waals surface area contributed by atoms with E-state index in [2.05, 4.69) is 31.3 Å². The monoisotopic (exact) mass is 1020 g/mol. The van der Waals surface area contributed by atoms with Gasteiger partial charge in [0.25, 0.3) is 0 Å². The van der Waals surface area contributed by atoms with Crippen LogP contribution < -0.4 is 5.32 Å². The Morgan fingerprint density at radius 1 is 0.375 bits per heavy atom. The van der Waals surface area contributed by atoms with Crippen LogP contribution in [0.5, 0.6) is 0 Å². The van der Waals surface area contributed by atoms with Gasteiger partial charge < -0.3 is 20.3 Å². The van der Waals surface area contributed by atoms with E-state index >= 15 is 0 Å². The Kier molecular flexibility index (Phi) is 60.9. The third kappa shape index (κ3) is 57.9. The number of unbranched alkanes of at least 4 members (excludes halogenated alkanes) is 49. The molecule has 0 aliphatic heterocycles. The number of rotatable bonds is 62. The van der Waals surface area contributed by atoms with Crippen LogP contribution in [0.2, 0.25) is 0 Å². The van der Waals surface area contributed by atoms with E-state index in [9.17, 15) is 19.8 Å². The van der Waals surface area contributed by atoms with Gasteiger partial charge in [-0.3, -0.25) is 9.59 Å². The summed E-state index contributed by atoms with van der Waals surface area (Å²) in [7, 11) is 0. The van der Waals surface area contributed by atoms with Gasteiger partial charge in [0.15, 0.2) is 0 Å². The van der Waals surface area contributed by atoms with Crippen LogP contribution >= 0.6 is 0 Å².